The number of hydrogen-bond donors (Lipinski definition) is 1. The second-order valence-corrected chi connectivity index (χ2v) is 8.30. The SMILES string of the molecule is CC(C)Nc1cc(C(C)C)ccc(CN2CCN(c3ccccc3)CC2)c1=O. The number of nitrogens with one attached hydrogen (secondary N) is 1. The lowest BCUT2D eigenvalue weighted by molar-refractivity contribution is 0.249. The van der Waals surface area contributed by atoms with Crippen molar-refractivity contribution in [2.75, 3.05) is 36.4 Å². The molecule has 1 aliphatic heterocycles. The fraction of sp³-hybridized carbons (Fsp3) is 0.458. The Hall–Kier alpha value is -2.33. The Kier molecular flexibility index (Phi) is 6.74. The van der Waals surface area contributed by atoms with Crippen molar-refractivity contribution in [3.63, 3.8) is 0 Å². The van der Waals surface area contributed by atoms with Gasteiger partial charge in [-0.15, -0.1) is 0 Å². The van der Waals surface area contributed by atoms with Gasteiger partial charge in [-0.25, -0.2) is 0 Å². The van der Waals surface area contributed by atoms with Crippen LogP contribution in [0.4, 0.5) is 11.4 Å². The topological polar surface area (TPSA) is 35.6 Å². The maximum absolute atomic E-state index is 13.1. The first-order valence-corrected chi connectivity index (χ1v) is 10.4. The van der Waals surface area contributed by atoms with Crippen molar-refractivity contribution in [2.24, 2.45) is 0 Å². The molecule has 4 nitrogen and oxygen atoms in total. The summed E-state index contributed by atoms with van der Waals surface area (Å²) in [7, 11) is 0. The van der Waals surface area contributed by atoms with Crippen LogP contribution in [0.2, 0.25) is 0 Å². The summed E-state index contributed by atoms with van der Waals surface area (Å²) in [6.07, 6.45) is 0. The number of anilines is 2. The Morgan fingerprint density at radius 2 is 1.61 bits per heavy atom. The Morgan fingerprint density at radius 1 is 0.929 bits per heavy atom. The Balaban J connectivity index is 1.75. The molecule has 0 atom stereocenters. The standard InChI is InChI=1S/C24H33N3O/c1-18(2)20-10-11-21(24(28)23(16-20)25-19(3)4)17-26-12-14-27(15-13-26)22-8-6-5-7-9-22/h5-11,16,18-19H,12-15,17H2,1-4H3,(H,25,28). The van der Waals surface area contributed by atoms with Gasteiger partial charge in [-0.2, -0.15) is 0 Å². The third kappa shape index (κ3) is 5.14. The van der Waals surface area contributed by atoms with Gasteiger partial charge in [0.2, 0.25) is 5.43 Å². The van der Waals surface area contributed by atoms with Crippen LogP contribution >= 0.6 is 0 Å². The first kappa shape index (κ1) is 20.4. The zero-order chi connectivity index (χ0) is 20.1. The van der Waals surface area contributed by atoms with E-state index >= 15 is 0 Å². The molecule has 28 heavy (non-hydrogen) atoms. The maximum atomic E-state index is 13.1. The number of piperazine rings is 1. The molecule has 4 heteroatoms. The minimum Gasteiger partial charge on any atom is -0.380 e. The van der Waals surface area contributed by atoms with E-state index in [2.05, 4.69) is 79.2 Å². The smallest absolute Gasteiger partial charge is 0.206 e. The highest BCUT2D eigenvalue weighted by molar-refractivity contribution is 5.49. The molecule has 0 aromatic heterocycles. The molecule has 1 fully saturated rings. The molecule has 1 N–H and O–H groups in total. The fourth-order valence-electron chi connectivity index (χ4n) is 3.67. The summed E-state index contributed by atoms with van der Waals surface area (Å²) in [5, 5.41) is 3.36. The van der Waals surface area contributed by atoms with Crippen LogP contribution in [0.15, 0.2) is 53.3 Å². The van der Waals surface area contributed by atoms with Crippen molar-refractivity contribution < 1.29 is 0 Å². The van der Waals surface area contributed by atoms with Crippen LogP contribution < -0.4 is 15.6 Å². The fourth-order valence-corrected chi connectivity index (χ4v) is 3.67. The average molecular weight is 380 g/mol. The van der Waals surface area contributed by atoms with Crippen LogP contribution in [-0.2, 0) is 6.54 Å². The Labute approximate surface area is 169 Å². The van der Waals surface area contributed by atoms with E-state index in [-0.39, 0.29) is 11.5 Å². The molecular formula is C24H33N3O. The molecule has 1 heterocycles. The van der Waals surface area contributed by atoms with E-state index in [0.29, 0.717) is 12.5 Å². The van der Waals surface area contributed by atoms with Crippen LogP contribution in [0.1, 0.15) is 44.7 Å². The van der Waals surface area contributed by atoms with E-state index in [9.17, 15) is 4.79 Å². The summed E-state index contributed by atoms with van der Waals surface area (Å²) in [5.74, 6) is 0.391. The van der Waals surface area contributed by atoms with Gasteiger partial charge in [0.1, 0.15) is 0 Å². The molecule has 0 radical (unpaired) electrons. The average Bonchev–Trinajstić information content (AvgIpc) is 2.83. The zero-order valence-corrected chi connectivity index (χ0v) is 17.6. The summed E-state index contributed by atoms with van der Waals surface area (Å²) in [6, 6.07) is 17.0. The number of hydrogen-bond acceptors (Lipinski definition) is 4. The zero-order valence-electron chi connectivity index (χ0n) is 17.6. The molecule has 0 amide bonds. The molecule has 150 valence electrons. The van der Waals surface area contributed by atoms with Crippen LogP contribution in [0.25, 0.3) is 0 Å². The van der Waals surface area contributed by atoms with Gasteiger partial charge in [-0.05, 0) is 43.5 Å². The molecule has 0 unspecified atom stereocenters. The Morgan fingerprint density at radius 3 is 2.21 bits per heavy atom. The number of nitrogens with zero attached hydrogens (tertiary/aromatic N) is 2. The molecule has 1 saturated heterocycles. The van der Waals surface area contributed by atoms with Crippen LogP contribution in [0.3, 0.4) is 0 Å². The van der Waals surface area contributed by atoms with Gasteiger partial charge in [0.05, 0.1) is 5.69 Å². The lowest BCUT2D eigenvalue weighted by atomic mass is 10.1. The highest BCUT2D eigenvalue weighted by Gasteiger charge is 2.18. The van der Waals surface area contributed by atoms with Gasteiger partial charge in [0, 0.05) is 50.0 Å². The summed E-state index contributed by atoms with van der Waals surface area (Å²) in [6.45, 7) is 13.1. The first-order valence-electron chi connectivity index (χ1n) is 10.4. The quantitative estimate of drug-likeness (QED) is 0.811. The summed E-state index contributed by atoms with van der Waals surface area (Å²) in [4.78, 5) is 18.0. The van der Waals surface area contributed by atoms with E-state index in [1.165, 1.54) is 11.3 Å². The van der Waals surface area contributed by atoms with Crippen molar-refractivity contribution in [1.29, 1.82) is 0 Å². The van der Waals surface area contributed by atoms with Gasteiger partial charge in [-0.3, -0.25) is 9.69 Å². The van der Waals surface area contributed by atoms with E-state index in [0.717, 1.165) is 37.4 Å². The Bertz CT molecular complexity index is 825. The van der Waals surface area contributed by atoms with Gasteiger partial charge in [-0.1, -0.05) is 44.2 Å². The highest BCUT2D eigenvalue weighted by Crippen LogP contribution is 2.19. The largest absolute Gasteiger partial charge is 0.380 e. The van der Waals surface area contributed by atoms with Gasteiger partial charge in [0.25, 0.3) is 0 Å². The minimum atomic E-state index is 0.131. The summed E-state index contributed by atoms with van der Waals surface area (Å²) in [5.41, 5.74) is 4.21. The van der Waals surface area contributed by atoms with Gasteiger partial charge in [0.15, 0.2) is 0 Å². The normalized spacial score (nSPS) is 15.3. The molecule has 2 aromatic carbocycles. The molecule has 3 rings (SSSR count). The summed E-state index contributed by atoms with van der Waals surface area (Å²) < 4.78 is 0. The lowest BCUT2D eigenvalue weighted by Gasteiger charge is -2.36. The third-order valence-electron chi connectivity index (χ3n) is 5.32. The van der Waals surface area contributed by atoms with Crippen LogP contribution in [0, 0.1) is 0 Å². The molecule has 2 aromatic rings. The van der Waals surface area contributed by atoms with E-state index in [1.54, 1.807) is 0 Å². The van der Waals surface area contributed by atoms with Crippen molar-refractivity contribution >= 4 is 11.4 Å². The second-order valence-electron chi connectivity index (χ2n) is 8.30. The maximum Gasteiger partial charge on any atom is 0.206 e. The molecular weight excluding hydrogens is 346 g/mol. The number of para-hydroxylation sites is 1. The molecule has 1 aliphatic rings. The first-order chi connectivity index (χ1) is 13.4. The number of rotatable bonds is 6. The lowest BCUT2D eigenvalue weighted by Crippen LogP contribution is -2.46. The minimum absolute atomic E-state index is 0.131. The summed E-state index contributed by atoms with van der Waals surface area (Å²) >= 11 is 0. The predicted octanol–water partition coefficient (Wildman–Crippen LogP) is 4.31. The van der Waals surface area contributed by atoms with Gasteiger partial charge < -0.3 is 10.2 Å². The number of benzene rings is 1. The molecule has 0 saturated carbocycles. The van der Waals surface area contributed by atoms with Gasteiger partial charge >= 0.3 is 0 Å². The van der Waals surface area contributed by atoms with E-state index < -0.39 is 0 Å². The third-order valence-corrected chi connectivity index (χ3v) is 5.32. The predicted molar refractivity (Wildman–Crippen MR) is 119 cm³/mol. The van der Waals surface area contributed by atoms with Crippen molar-refractivity contribution in [2.45, 2.75) is 46.2 Å². The van der Waals surface area contributed by atoms with Crippen molar-refractivity contribution in [1.82, 2.24) is 4.90 Å². The van der Waals surface area contributed by atoms with Crippen molar-refractivity contribution in [3.8, 4) is 0 Å². The monoisotopic (exact) mass is 379 g/mol. The molecule has 0 spiro atoms. The highest BCUT2D eigenvalue weighted by atomic mass is 16.1. The van der Waals surface area contributed by atoms with E-state index in [1.807, 2.05) is 12.1 Å². The second kappa shape index (κ2) is 9.24. The van der Waals surface area contributed by atoms with Crippen molar-refractivity contribution in [3.05, 3.63) is 69.9 Å². The van der Waals surface area contributed by atoms with Crippen LogP contribution in [0.5, 0.6) is 0 Å². The van der Waals surface area contributed by atoms with Crippen LogP contribution in [-0.4, -0.2) is 37.1 Å². The molecule has 0 bridgehead atoms. The van der Waals surface area contributed by atoms with E-state index in [4.69, 9.17) is 0 Å². The molecule has 0 aliphatic carbocycles.